The fourth-order valence-corrected chi connectivity index (χ4v) is 1.51. The molecule has 0 aliphatic rings. The zero-order chi connectivity index (χ0) is 15.0. The van der Waals surface area contributed by atoms with E-state index in [-0.39, 0.29) is 12.1 Å². The Labute approximate surface area is 104 Å². The van der Waals surface area contributed by atoms with Gasteiger partial charge in [0.25, 0.3) is 0 Å². The molecule has 0 aromatic heterocycles. The lowest BCUT2D eigenvalue weighted by molar-refractivity contribution is -0.142. The number of Topliss-reactive ketones (excluding diaryl/α,β-unsaturated/α-hetero) is 1. The lowest BCUT2D eigenvalue weighted by atomic mass is 9.99. The smallest absolute Gasteiger partial charge is 0.420 e. The van der Waals surface area contributed by atoms with Gasteiger partial charge in [-0.1, -0.05) is 0 Å². The number of ether oxygens (including phenoxy) is 1. The normalized spacial score (nSPS) is 12.4. The number of hydrogen-bond acceptors (Lipinski definition) is 2. The van der Waals surface area contributed by atoms with Gasteiger partial charge in [-0.3, -0.25) is 4.79 Å². The van der Waals surface area contributed by atoms with Crippen LogP contribution in [0, 0.1) is 0 Å². The molecule has 106 valence electrons. The molecule has 0 amide bonds. The van der Waals surface area contributed by atoms with Crippen LogP contribution in [-0.2, 0) is 12.4 Å². The van der Waals surface area contributed by atoms with E-state index in [9.17, 15) is 31.1 Å². The van der Waals surface area contributed by atoms with Crippen molar-refractivity contribution in [2.24, 2.45) is 0 Å². The molecule has 1 aromatic carbocycles. The lowest BCUT2D eigenvalue weighted by Gasteiger charge is -2.18. The van der Waals surface area contributed by atoms with Crippen molar-refractivity contribution in [3.05, 3.63) is 28.8 Å². The Morgan fingerprint density at radius 3 is 1.89 bits per heavy atom. The van der Waals surface area contributed by atoms with E-state index in [0.29, 0.717) is 0 Å². The summed E-state index contributed by atoms with van der Waals surface area (Å²) in [5.41, 5.74) is -3.95. The monoisotopic (exact) mass is 286 g/mol. The van der Waals surface area contributed by atoms with Crippen LogP contribution < -0.4 is 4.74 Å². The zero-order valence-corrected chi connectivity index (χ0v) is 9.74. The van der Waals surface area contributed by atoms with Crippen molar-refractivity contribution in [1.82, 2.24) is 0 Å². The molecular formula is C11H8F6O2. The first-order valence-electron chi connectivity index (χ1n) is 4.86. The number of carbonyl (C=O) groups excluding carboxylic acids is 1. The van der Waals surface area contributed by atoms with Gasteiger partial charge >= 0.3 is 12.4 Å². The number of alkyl halides is 6. The van der Waals surface area contributed by atoms with Gasteiger partial charge in [0.1, 0.15) is 11.3 Å². The average molecular weight is 286 g/mol. The SMILES string of the molecule is COc1cc(C(F)(F)F)cc(C(C)=O)c1C(F)(F)F. The van der Waals surface area contributed by atoms with Crippen LogP contribution in [0.4, 0.5) is 26.3 Å². The first-order chi connectivity index (χ1) is 8.48. The van der Waals surface area contributed by atoms with Crippen molar-refractivity contribution in [1.29, 1.82) is 0 Å². The van der Waals surface area contributed by atoms with Crippen LogP contribution in [0.2, 0.25) is 0 Å². The molecule has 0 fully saturated rings. The summed E-state index contributed by atoms with van der Waals surface area (Å²) >= 11 is 0. The summed E-state index contributed by atoms with van der Waals surface area (Å²) in [4.78, 5) is 11.1. The van der Waals surface area contributed by atoms with E-state index in [1.165, 1.54) is 0 Å². The highest BCUT2D eigenvalue weighted by Gasteiger charge is 2.41. The van der Waals surface area contributed by atoms with Gasteiger partial charge in [-0.15, -0.1) is 0 Å². The Balaban J connectivity index is 3.69. The molecule has 0 saturated heterocycles. The molecule has 1 rings (SSSR count). The van der Waals surface area contributed by atoms with Gasteiger partial charge in [0.15, 0.2) is 5.78 Å². The maximum Gasteiger partial charge on any atom is 0.420 e. The molecule has 0 saturated carbocycles. The zero-order valence-electron chi connectivity index (χ0n) is 9.74. The fourth-order valence-electron chi connectivity index (χ4n) is 1.51. The Hall–Kier alpha value is -1.73. The minimum atomic E-state index is -4.99. The molecule has 0 radical (unpaired) electrons. The van der Waals surface area contributed by atoms with Crippen LogP contribution >= 0.6 is 0 Å². The van der Waals surface area contributed by atoms with E-state index >= 15 is 0 Å². The third-order valence-electron chi connectivity index (χ3n) is 2.31. The summed E-state index contributed by atoms with van der Waals surface area (Å²) in [7, 11) is 0.800. The van der Waals surface area contributed by atoms with Gasteiger partial charge in [0.2, 0.25) is 0 Å². The Bertz CT molecular complexity index is 501. The summed E-state index contributed by atoms with van der Waals surface area (Å²) in [6.45, 7) is 0.754. The molecule has 0 unspecified atom stereocenters. The third-order valence-corrected chi connectivity index (χ3v) is 2.31. The van der Waals surface area contributed by atoms with Crippen LogP contribution in [0.1, 0.15) is 28.4 Å². The van der Waals surface area contributed by atoms with Gasteiger partial charge in [-0.2, -0.15) is 26.3 Å². The van der Waals surface area contributed by atoms with E-state index in [1.54, 1.807) is 0 Å². The van der Waals surface area contributed by atoms with Gasteiger partial charge in [-0.05, 0) is 19.1 Å². The van der Waals surface area contributed by atoms with Gasteiger partial charge in [0.05, 0.1) is 12.7 Å². The number of halogens is 6. The average Bonchev–Trinajstić information content (AvgIpc) is 2.24. The third kappa shape index (κ3) is 3.18. The molecule has 0 spiro atoms. The summed E-state index contributed by atoms with van der Waals surface area (Å²) in [6.07, 6.45) is -9.86. The molecule has 0 aliphatic carbocycles. The minimum absolute atomic E-state index is 0.174. The summed E-state index contributed by atoms with van der Waals surface area (Å²) < 4.78 is 80.2. The summed E-state index contributed by atoms with van der Waals surface area (Å²) in [5, 5.41) is 0. The van der Waals surface area contributed by atoms with Crippen molar-refractivity contribution in [2.45, 2.75) is 19.3 Å². The molecule has 2 nitrogen and oxygen atoms in total. The summed E-state index contributed by atoms with van der Waals surface area (Å²) in [5.74, 6) is -2.16. The Morgan fingerprint density at radius 1 is 1.05 bits per heavy atom. The molecule has 19 heavy (non-hydrogen) atoms. The molecular weight excluding hydrogens is 278 g/mol. The maximum atomic E-state index is 12.8. The number of benzene rings is 1. The topological polar surface area (TPSA) is 26.3 Å². The highest BCUT2D eigenvalue weighted by atomic mass is 19.4. The number of methoxy groups -OCH3 is 1. The van der Waals surface area contributed by atoms with Gasteiger partial charge in [-0.25, -0.2) is 0 Å². The second-order valence-corrected chi connectivity index (χ2v) is 3.65. The highest BCUT2D eigenvalue weighted by Crippen LogP contribution is 2.42. The van der Waals surface area contributed by atoms with Crippen molar-refractivity contribution in [3.8, 4) is 5.75 Å². The van der Waals surface area contributed by atoms with Crippen LogP contribution in [0.15, 0.2) is 12.1 Å². The number of rotatable bonds is 2. The van der Waals surface area contributed by atoms with Crippen molar-refractivity contribution >= 4 is 5.78 Å². The fraction of sp³-hybridized carbons (Fsp3) is 0.364. The van der Waals surface area contributed by atoms with E-state index in [0.717, 1.165) is 14.0 Å². The molecule has 1 aromatic rings. The number of hydrogen-bond donors (Lipinski definition) is 0. The first kappa shape index (κ1) is 15.3. The Kier molecular flexibility index (Phi) is 3.83. The standard InChI is InChI=1S/C11H8F6O2/c1-5(18)7-3-6(10(12,13)14)4-8(19-2)9(7)11(15,16)17/h3-4H,1-2H3. The Morgan fingerprint density at radius 2 is 1.58 bits per heavy atom. The quantitative estimate of drug-likeness (QED) is 0.608. The maximum absolute atomic E-state index is 12.8. The molecule has 0 atom stereocenters. The van der Waals surface area contributed by atoms with Crippen molar-refractivity contribution in [2.75, 3.05) is 7.11 Å². The number of ketones is 1. The first-order valence-corrected chi connectivity index (χ1v) is 4.86. The van der Waals surface area contributed by atoms with Crippen molar-refractivity contribution < 1.29 is 35.9 Å². The molecule has 0 heterocycles. The summed E-state index contributed by atoms with van der Waals surface area (Å²) in [6, 6.07) is 0.392. The van der Waals surface area contributed by atoms with E-state index < -0.39 is 40.6 Å². The molecule has 0 N–H and O–H groups in total. The molecule has 8 heteroatoms. The highest BCUT2D eigenvalue weighted by molar-refractivity contribution is 5.96. The van der Waals surface area contributed by atoms with Crippen LogP contribution in [0.5, 0.6) is 5.75 Å². The number of carbonyl (C=O) groups is 1. The van der Waals surface area contributed by atoms with E-state index in [4.69, 9.17) is 0 Å². The molecule has 0 aliphatic heterocycles. The largest absolute Gasteiger partial charge is 0.496 e. The predicted octanol–water partition coefficient (Wildman–Crippen LogP) is 3.94. The minimum Gasteiger partial charge on any atom is -0.496 e. The van der Waals surface area contributed by atoms with Crippen LogP contribution in [-0.4, -0.2) is 12.9 Å². The van der Waals surface area contributed by atoms with Gasteiger partial charge in [0, 0.05) is 5.56 Å². The molecule has 0 bridgehead atoms. The van der Waals surface area contributed by atoms with E-state index in [1.807, 2.05) is 0 Å². The van der Waals surface area contributed by atoms with Crippen LogP contribution in [0.25, 0.3) is 0 Å². The van der Waals surface area contributed by atoms with Crippen LogP contribution in [0.3, 0.4) is 0 Å². The predicted molar refractivity (Wildman–Crippen MR) is 53.0 cm³/mol. The van der Waals surface area contributed by atoms with E-state index in [2.05, 4.69) is 4.74 Å². The second kappa shape index (κ2) is 4.75. The van der Waals surface area contributed by atoms with Crippen molar-refractivity contribution in [3.63, 3.8) is 0 Å². The van der Waals surface area contributed by atoms with Gasteiger partial charge < -0.3 is 4.74 Å². The lowest BCUT2D eigenvalue weighted by Crippen LogP contribution is -2.16. The second-order valence-electron chi connectivity index (χ2n) is 3.65.